The highest BCUT2D eigenvalue weighted by molar-refractivity contribution is 8.00. The number of carbonyl (C=O) groups is 1. The van der Waals surface area contributed by atoms with Crippen molar-refractivity contribution in [1.29, 1.82) is 0 Å². The maximum absolute atomic E-state index is 12.9. The van der Waals surface area contributed by atoms with Crippen LogP contribution in [0.2, 0.25) is 0 Å². The quantitative estimate of drug-likeness (QED) is 0.303. The molecule has 2 aromatic carbocycles. The van der Waals surface area contributed by atoms with Gasteiger partial charge in [-0.1, -0.05) is 61.2 Å². The summed E-state index contributed by atoms with van der Waals surface area (Å²) in [4.78, 5) is 12.9. The summed E-state index contributed by atoms with van der Waals surface area (Å²) in [5, 5.41) is 9.03. The number of nitrogens with zero attached hydrogens (tertiary/aromatic N) is 3. The number of hydrogen-bond acceptors (Lipinski definition) is 5. The van der Waals surface area contributed by atoms with Crippen molar-refractivity contribution < 1.29 is 9.21 Å². The molecular formula is C23H21N3O2S. The highest BCUT2D eigenvalue weighted by Gasteiger charge is 2.23. The van der Waals surface area contributed by atoms with Crippen LogP contribution in [0, 0.1) is 0 Å². The van der Waals surface area contributed by atoms with Gasteiger partial charge in [-0.05, 0) is 43.2 Å². The number of benzene rings is 2. The van der Waals surface area contributed by atoms with E-state index in [2.05, 4.69) is 17.1 Å². The van der Waals surface area contributed by atoms with Crippen LogP contribution in [0.4, 0.5) is 0 Å². The Morgan fingerprint density at radius 2 is 1.79 bits per heavy atom. The molecule has 2 heterocycles. The van der Waals surface area contributed by atoms with Crippen LogP contribution in [-0.4, -0.2) is 25.8 Å². The van der Waals surface area contributed by atoms with Crippen molar-refractivity contribution in [1.82, 2.24) is 14.8 Å². The number of aryl methyl sites for hydroxylation is 1. The molecule has 0 fully saturated rings. The van der Waals surface area contributed by atoms with Gasteiger partial charge in [-0.3, -0.25) is 9.36 Å². The first-order chi connectivity index (χ1) is 14.2. The average Bonchev–Trinajstić information content (AvgIpc) is 3.43. The molecule has 4 aromatic rings. The maximum atomic E-state index is 12.9. The molecule has 2 aromatic heterocycles. The van der Waals surface area contributed by atoms with E-state index in [1.54, 1.807) is 6.26 Å². The van der Waals surface area contributed by atoms with Crippen LogP contribution in [0.5, 0.6) is 0 Å². The van der Waals surface area contributed by atoms with Crippen LogP contribution in [0.15, 0.2) is 82.6 Å². The van der Waals surface area contributed by atoms with E-state index in [0.29, 0.717) is 22.3 Å². The second-order valence-electron chi connectivity index (χ2n) is 6.63. The van der Waals surface area contributed by atoms with Gasteiger partial charge >= 0.3 is 0 Å². The molecule has 0 N–H and O–H groups in total. The zero-order valence-corrected chi connectivity index (χ0v) is 17.1. The molecule has 4 rings (SSSR count). The fourth-order valence-electron chi connectivity index (χ4n) is 3.07. The molecule has 0 aliphatic heterocycles. The lowest BCUT2D eigenvalue weighted by Gasteiger charge is -2.13. The van der Waals surface area contributed by atoms with E-state index >= 15 is 0 Å². The summed E-state index contributed by atoms with van der Waals surface area (Å²) in [6, 6.07) is 21.3. The molecule has 0 saturated carbocycles. The van der Waals surface area contributed by atoms with Crippen LogP contribution < -0.4 is 0 Å². The van der Waals surface area contributed by atoms with E-state index in [1.807, 2.05) is 78.2 Å². The number of Topliss-reactive ketones (excluding diaryl/α,β-unsaturated/α-hetero) is 1. The van der Waals surface area contributed by atoms with Crippen molar-refractivity contribution in [2.24, 2.45) is 0 Å². The predicted molar refractivity (Wildman–Crippen MR) is 115 cm³/mol. The zero-order valence-electron chi connectivity index (χ0n) is 16.3. The lowest BCUT2D eigenvalue weighted by atomic mass is 10.1. The molecule has 0 saturated heterocycles. The number of thioether (sulfide) groups is 1. The summed E-state index contributed by atoms with van der Waals surface area (Å²) in [6.45, 7) is 4.00. The molecule has 0 radical (unpaired) electrons. The Morgan fingerprint density at radius 1 is 1.03 bits per heavy atom. The fraction of sp³-hybridized carbons (Fsp3) is 0.174. The Hall–Kier alpha value is -3.12. The first-order valence-corrected chi connectivity index (χ1v) is 10.4. The molecule has 0 bridgehead atoms. The van der Waals surface area contributed by atoms with E-state index in [4.69, 9.17) is 4.42 Å². The smallest absolute Gasteiger partial charge is 0.205 e. The Bertz CT molecular complexity index is 1090. The summed E-state index contributed by atoms with van der Waals surface area (Å²) >= 11 is 1.39. The molecule has 0 spiro atoms. The number of carbonyl (C=O) groups excluding carboxylic acids is 1. The van der Waals surface area contributed by atoms with Crippen LogP contribution in [0.3, 0.4) is 0 Å². The van der Waals surface area contributed by atoms with Gasteiger partial charge in [0.1, 0.15) is 0 Å². The Labute approximate surface area is 173 Å². The van der Waals surface area contributed by atoms with E-state index in [-0.39, 0.29) is 11.0 Å². The standard InChI is InChI=1S/C23H21N3O2S/c1-3-17-11-13-18(14-12-17)21(27)16(2)29-23-25-24-22(20-10-7-15-28-20)26(23)19-8-5-4-6-9-19/h4-16H,3H2,1-2H3. The number of furan rings is 1. The number of hydrogen-bond donors (Lipinski definition) is 0. The van der Waals surface area contributed by atoms with Gasteiger partial charge in [0.05, 0.1) is 11.5 Å². The van der Waals surface area contributed by atoms with Crippen LogP contribution in [0.1, 0.15) is 29.8 Å². The van der Waals surface area contributed by atoms with Gasteiger partial charge in [0.25, 0.3) is 0 Å². The largest absolute Gasteiger partial charge is 0.461 e. The zero-order chi connectivity index (χ0) is 20.2. The lowest BCUT2D eigenvalue weighted by Crippen LogP contribution is -2.14. The molecule has 29 heavy (non-hydrogen) atoms. The van der Waals surface area contributed by atoms with Crippen LogP contribution >= 0.6 is 11.8 Å². The van der Waals surface area contributed by atoms with Gasteiger partial charge < -0.3 is 4.42 Å². The first kappa shape index (κ1) is 19.2. The minimum absolute atomic E-state index is 0.0693. The Morgan fingerprint density at radius 3 is 2.45 bits per heavy atom. The van der Waals surface area contributed by atoms with E-state index in [0.717, 1.165) is 12.1 Å². The molecule has 1 unspecified atom stereocenters. The van der Waals surface area contributed by atoms with Crippen molar-refractivity contribution in [3.63, 3.8) is 0 Å². The van der Waals surface area contributed by atoms with E-state index in [1.165, 1.54) is 17.3 Å². The Balaban J connectivity index is 1.65. The summed E-state index contributed by atoms with van der Waals surface area (Å²) in [5.41, 5.74) is 2.84. The molecule has 0 aliphatic rings. The first-order valence-electron chi connectivity index (χ1n) is 9.52. The summed E-state index contributed by atoms with van der Waals surface area (Å²) in [5.74, 6) is 1.30. The second kappa shape index (κ2) is 8.49. The SMILES string of the molecule is CCc1ccc(C(=O)C(C)Sc2nnc(-c3ccco3)n2-c2ccccc2)cc1. The lowest BCUT2D eigenvalue weighted by molar-refractivity contribution is 0.0994. The summed E-state index contributed by atoms with van der Waals surface area (Å²) in [6.07, 6.45) is 2.56. The van der Waals surface area contributed by atoms with Gasteiger partial charge in [-0.25, -0.2) is 0 Å². The van der Waals surface area contributed by atoms with Gasteiger partial charge in [0.15, 0.2) is 16.7 Å². The van der Waals surface area contributed by atoms with E-state index in [9.17, 15) is 4.79 Å². The second-order valence-corrected chi connectivity index (χ2v) is 7.94. The molecule has 5 nitrogen and oxygen atoms in total. The summed E-state index contributed by atoms with van der Waals surface area (Å²) in [7, 11) is 0. The minimum atomic E-state index is -0.307. The van der Waals surface area contributed by atoms with Crippen molar-refractivity contribution in [3.8, 4) is 17.3 Å². The van der Waals surface area contributed by atoms with Crippen LogP contribution in [-0.2, 0) is 6.42 Å². The third-order valence-corrected chi connectivity index (χ3v) is 5.73. The van der Waals surface area contributed by atoms with Gasteiger partial charge in [-0.2, -0.15) is 0 Å². The highest BCUT2D eigenvalue weighted by atomic mass is 32.2. The van der Waals surface area contributed by atoms with Gasteiger partial charge in [0.2, 0.25) is 5.82 Å². The molecular weight excluding hydrogens is 382 g/mol. The van der Waals surface area contributed by atoms with E-state index < -0.39 is 0 Å². The molecule has 0 aliphatic carbocycles. The molecule has 146 valence electrons. The summed E-state index contributed by atoms with van der Waals surface area (Å²) < 4.78 is 7.46. The van der Waals surface area contributed by atoms with Crippen molar-refractivity contribution >= 4 is 17.5 Å². The van der Waals surface area contributed by atoms with Crippen molar-refractivity contribution in [3.05, 3.63) is 84.1 Å². The van der Waals surface area contributed by atoms with Gasteiger partial charge in [-0.15, -0.1) is 10.2 Å². The minimum Gasteiger partial charge on any atom is -0.461 e. The average molecular weight is 404 g/mol. The number of aromatic nitrogens is 3. The van der Waals surface area contributed by atoms with Crippen LogP contribution in [0.25, 0.3) is 17.3 Å². The molecule has 0 amide bonds. The van der Waals surface area contributed by atoms with Crippen molar-refractivity contribution in [2.45, 2.75) is 30.7 Å². The maximum Gasteiger partial charge on any atom is 0.205 e. The third-order valence-electron chi connectivity index (χ3n) is 4.69. The third kappa shape index (κ3) is 4.03. The molecule has 1 atom stereocenters. The Kier molecular flexibility index (Phi) is 5.62. The fourth-order valence-corrected chi connectivity index (χ4v) is 4.02. The monoisotopic (exact) mass is 403 g/mol. The topological polar surface area (TPSA) is 60.9 Å². The molecule has 6 heteroatoms. The number of para-hydroxylation sites is 1. The van der Waals surface area contributed by atoms with Gasteiger partial charge in [0, 0.05) is 11.3 Å². The number of ketones is 1. The normalized spacial score (nSPS) is 12.1. The number of rotatable bonds is 7. The predicted octanol–water partition coefficient (Wildman–Crippen LogP) is 5.45. The highest BCUT2D eigenvalue weighted by Crippen LogP contribution is 2.31. The van der Waals surface area contributed by atoms with Crippen molar-refractivity contribution in [2.75, 3.05) is 0 Å².